The van der Waals surface area contributed by atoms with Crippen LogP contribution in [-0.2, 0) is 26.1 Å². The Balaban J connectivity index is 1.95. The van der Waals surface area contributed by atoms with Gasteiger partial charge in [-0.15, -0.1) is 0 Å². The molecule has 20 heavy (non-hydrogen) atoms. The van der Waals surface area contributed by atoms with Gasteiger partial charge < -0.3 is 4.18 Å². The van der Waals surface area contributed by atoms with Gasteiger partial charge in [-0.25, -0.2) is 4.21 Å². The smallest absolute Gasteiger partial charge is 0.374 e. The highest BCUT2D eigenvalue weighted by Crippen LogP contribution is 2.17. The van der Waals surface area contributed by atoms with Crippen LogP contribution in [0.1, 0.15) is 5.56 Å². The molecule has 2 aromatic rings. The number of aryl methyl sites for hydroxylation is 1. The van der Waals surface area contributed by atoms with Crippen molar-refractivity contribution in [2.45, 2.75) is 11.8 Å². The minimum absolute atomic E-state index is 0.390. The minimum atomic E-state index is -2.13. The first-order valence-electron chi connectivity index (χ1n) is 5.57. The zero-order chi connectivity index (χ0) is 14.5. The molecule has 0 saturated heterocycles. The zero-order valence-electron chi connectivity index (χ0n) is 10.4. The summed E-state index contributed by atoms with van der Waals surface area (Å²) in [5.74, 6) is 0.390. The van der Waals surface area contributed by atoms with Crippen molar-refractivity contribution < 1.29 is 16.2 Å². The topological polar surface area (TPSA) is 52.6 Å². The normalized spacial score (nSPS) is 13.7. The maximum absolute atomic E-state index is 11.8. The molecule has 0 spiro atoms. The number of hydrogen-bond donors (Lipinski definition) is 0. The SMILES string of the molecule is Cc1ccc(OS(=O)OS(=O)c2ccc(Br)cc2)cc1. The molecule has 0 radical (unpaired) electrons. The third kappa shape index (κ3) is 4.52. The fraction of sp³-hybridized carbons (Fsp3) is 0.0769. The molecule has 0 amide bonds. The second-order valence-electron chi connectivity index (χ2n) is 3.86. The van der Waals surface area contributed by atoms with Gasteiger partial charge >= 0.3 is 11.4 Å². The largest absolute Gasteiger partial charge is 0.379 e. The molecule has 2 atom stereocenters. The highest BCUT2D eigenvalue weighted by atomic mass is 79.9. The molecular formula is C13H11BrO4S2. The molecule has 0 heterocycles. The van der Waals surface area contributed by atoms with Crippen LogP contribution in [0.5, 0.6) is 5.75 Å². The van der Waals surface area contributed by atoms with Crippen LogP contribution < -0.4 is 4.18 Å². The van der Waals surface area contributed by atoms with Gasteiger partial charge in [0.1, 0.15) is 5.75 Å². The van der Waals surface area contributed by atoms with E-state index in [1.807, 2.05) is 19.1 Å². The molecule has 2 rings (SSSR count). The molecule has 7 heteroatoms. The van der Waals surface area contributed by atoms with Gasteiger partial charge in [0.2, 0.25) is 11.1 Å². The Morgan fingerprint density at radius 2 is 1.55 bits per heavy atom. The molecule has 0 aliphatic rings. The first-order valence-corrected chi connectivity index (χ1v) is 8.44. The molecule has 0 aliphatic carbocycles. The van der Waals surface area contributed by atoms with E-state index in [1.54, 1.807) is 36.4 Å². The fourth-order valence-electron chi connectivity index (χ4n) is 1.32. The van der Waals surface area contributed by atoms with Crippen LogP contribution in [0, 0.1) is 6.92 Å². The predicted octanol–water partition coefficient (Wildman–Crippen LogP) is 3.45. The van der Waals surface area contributed by atoms with Gasteiger partial charge in [-0.2, -0.15) is 7.84 Å². The second-order valence-corrected chi connectivity index (χ2v) is 6.83. The van der Waals surface area contributed by atoms with Crippen LogP contribution in [0.4, 0.5) is 0 Å². The number of hydrogen-bond acceptors (Lipinski definition) is 4. The third-order valence-corrected chi connectivity index (χ3v) is 4.76. The summed E-state index contributed by atoms with van der Waals surface area (Å²) < 4.78 is 34.1. The van der Waals surface area contributed by atoms with Crippen LogP contribution in [0.15, 0.2) is 57.9 Å². The van der Waals surface area contributed by atoms with E-state index in [0.29, 0.717) is 10.6 Å². The molecule has 0 N–H and O–H groups in total. The summed E-state index contributed by atoms with van der Waals surface area (Å²) in [6.07, 6.45) is 0. The summed E-state index contributed by atoms with van der Waals surface area (Å²) in [5, 5.41) is 0. The molecule has 2 unspecified atom stereocenters. The quantitative estimate of drug-likeness (QED) is 0.803. The first-order chi connectivity index (χ1) is 9.54. The van der Waals surface area contributed by atoms with Crippen LogP contribution in [0.3, 0.4) is 0 Å². The van der Waals surface area contributed by atoms with E-state index in [4.69, 9.17) is 7.81 Å². The molecule has 0 fully saturated rings. The fourth-order valence-corrected chi connectivity index (χ4v) is 3.04. The van der Waals surface area contributed by atoms with Crippen molar-refractivity contribution in [1.29, 1.82) is 0 Å². The number of halogens is 1. The first kappa shape index (κ1) is 15.4. The Hall–Kier alpha value is -1.02. The molecule has 0 aromatic heterocycles. The lowest BCUT2D eigenvalue weighted by Crippen LogP contribution is -2.07. The van der Waals surface area contributed by atoms with Crippen molar-refractivity contribution >= 4 is 38.4 Å². The Kier molecular flexibility index (Phi) is 5.47. The molecule has 0 aliphatic heterocycles. The standard InChI is InChI=1S/C13H11BrO4S2/c1-10-2-6-12(7-3-10)17-20(16)18-19(15)13-8-4-11(14)5-9-13/h2-9H,1H3. The van der Waals surface area contributed by atoms with E-state index in [1.165, 1.54) is 0 Å². The molecular weight excluding hydrogens is 364 g/mol. The summed E-state index contributed by atoms with van der Waals surface area (Å²) in [6, 6.07) is 13.6. The average Bonchev–Trinajstić information content (AvgIpc) is 2.42. The summed E-state index contributed by atoms with van der Waals surface area (Å²) in [7, 11) is 0. The molecule has 4 nitrogen and oxygen atoms in total. The van der Waals surface area contributed by atoms with Gasteiger partial charge in [-0.3, -0.25) is 0 Å². The van der Waals surface area contributed by atoms with E-state index >= 15 is 0 Å². The van der Waals surface area contributed by atoms with Gasteiger partial charge in [0, 0.05) is 4.47 Å². The third-order valence-electron chi connectivity index (χ3n) is 2.31. The molecule has 0 saturated carbocycles. The molecule has 106 valence electrons. The van der Waals surface area contributed by atoms with Crippen LogP contribution in [0.2, 0.25) is 0 Å². The maximum Gasteiger partial charge on any atom is 0.374 e. The highest BCUT2D eigenvalue weighted by molar-refractivity contribution is 9.10. The van der Waals surface area contributed by atoms with Crippen LogP contribution >= 0.6 is 15.9 Å². The van der Waals surface area contributed by atoms with Crippen LogP contribution in [0.25, 0.3) is 0 Å². The zero-order valence-corrected chi connectivity index (χ0v) is 13.7. The highest BCUT2D eigenvalue weighted by Gasteiger charge is 2.12. The Morgan fingerprint density at radius 1 is 0.950 bits per heavy atom. The lowest BCUT2D eigenvalue weighted by atomic mass is 10.2. The Bertz CT molecular complexity index is 626. The van der Waals surface area contributed by atoms with Crippen molar-refractivity contribution in [2.75, 3.05) is 0 Å². The van der Waals surface area contributed by atoms with E-state index < -0.39 is 22.4 Å². The number of rotatable bonds is 5. The Morgan fingerprint density at radius 3 is 2.15 bits per heavy atom. The van der Waals surface area contributed by atoms with E-state index in [-0.39, 0.29) is 0 Å². The summed E-state index contributed by atoms with van der Waals surface area (Å²) in [6.45, 7) is 1.93. The minimum Gasteiger partial charge on any atom is -0.379 e. The van der Waals surface area contributed by atoms with Crippen molar-refractivity contribution in [3.63, 3.8) is 0 Å². The summed E-state index contributed by atoms with van der Waals surface area (Å²) >= 11 is -0.700. The average molecular weight is 375 g/mol. The lowest BCUT2D eigenvalue weighted by molar-refractivity contribution is 0.473. The second kappa shape index (κ2) is 7.12. The van der Waals surface area contributed by atoms with Crippen molar-refractivity contribution in [2.24, 2.45) is 0 Å². The van der Waals surface area contributed by atoms with Crippen molar-refractivity contribution in [3.05, 3.63) is 58.6 Å². The van der Waals surface area contributed by atoms with Crippen molar-refractivity contribution in [1.82, 2.24) is 0 Å². The Labute approximate surface area is 130 Å². The number of benzene rings is 2. The van der Waals surface area contributed by atoms with E-state index in [2.05, 4.69) is 15.9 Å². The van der Waals surface area contributed by atoms with Gasteiger partial charge in [-0.05, 0) is 43.3 Å². The van der Waals surface area contributed by atoms with Gasteiger partial charge in [0.05, 0.1) is 4.90 Å². The maximum atomic E-state index is 11.8. The van der Waals surface area contributed by atoms with Crippen LogP contribution in [-0.4, -0.2) is 8.42 Å². The van der Waals surface area contributed by atoms with Crippen molar-refractivity contribution in [3.8, 4) is 5.75 Å². The monoisotopic (exact) mass is 374 g/mol. The van der Waals surface area contributed by atoms with E-state index in [0.717, 1.165) is 10.0 Å². The lowest BCUT2D eigenvalue weighted by Gasteiger charge is -2.04. The summed E-state index contributed by atoms with van der Waals surface area (Å²) in [4.78, 5) is 0.411. The van der Waals surface area contributed by atoms with Gasteiger partial charge in [0.25, 0.3) is 0 Å². The van der Waals surface area contributed by atoms with Gasteiger partial charge in [0.15, 0.2) is 0 Å². The van der Waals surface area contributed by atoms with Gasteiger partial charge in [-0.1, -0.05) is 33.6 Å². The molecule has 2 aromatic carbocycles. The summed E-state index contributed by atoms with van der Waals surface area (Å²) in [5.41, 5.74) is 1.06. The molecule has 0 bridgehead atoms. The predicted molar refractivity (Wildman–Crippen MR) is 81.6 cm³/mol. The van der Waals surface area contributed by atoms with E-state index in [9.17, 15) is 8.42 Å².